The molecule has 0 aromatic heterocycles. The maximum absolute atomic E-state index is 12.5. The van der Waals surface area contributed by atoms with Crippen LogP contribution in [0.2, 0.25) is 0 Å². The summed E-state index contributed by atoms with van der Waals surface area (Å²) in [5.74, 6) is -0.00811. The first-order valence-corrected chi connectivity index (χ1v) is 33.3. The van der Waals surface area contributed by atoms with Crippen LogP contribution in [0.3, 0.4) is 0 Å². The van der Waals surface area contributed by atoms with E-state index in [1.807, 2.05) is 0 Å². The zero-order valence-electron chi connectivity index (χ0n) is 49.2. The molecule has 3 N–H and O–H groups in total. The zero-order valence-corrected chi connectivity index (χ0v) is 49.2. The molecule has 0 aromatic carbocycles. The van der Waals surface area contributed by atoms with Crippen LogP contribution in [0.5, 0.6) is 0 Å². The molecule has 72 heavy (non-hydrogen) atoms. The van der Waals surface area contributed by atoms with Crippen LogP contribution >= 0.6 is 0 Å². The van der Waals surface area contributed by atoms with Crippen molar-refractivity contribution < 1.29 is 24.5 Å². The second kappa shape index (κ2) is 62.4. The van der Waals surface area contributed by atoms with Crippen LogP contribution < -0.4 is 5.32 Å². The molecule has 0 saturated heterocycles. The van der Waals surface area contributed by atoms with Gasteiger partial charge in [0.25, 0.3) is 0 Å². The van der Waals surface area contributed by atoms with Crippen LogP contribution in [0.15, 0.2) is 0 Å². The van der Waals surface area contributed by atoms with E-state index >= 15 is 0 Å². The summed E-state index contributed by atoms with van der Waals surface area (Å²) < 4.78 is 5.49. The van der Waals surface area contributed by atoms with Crippen molar-refractivity contribution in [1.29, 1.82) is 0 Å². The zero-order chi connectivity index (χ0) is 52.2. The van der Waals surface area contributed by atoms with E-state index in [-0.39, 0.29) is 18.5 Å². The summed E-state index contributed by atoms with van der Waals surface area (Å²) in [7, 11) is 0. The minimum absolute atomic E-state index is 0.0207. The van der Waals surface area contributed by atoms with E-state index < -0.39 is 12.1 Å². The summed E-state index contributed by atoms with van der Waals surface area (Å²) in [6, 6.07) is -0.538. The van der Waals surface area contributed by atoms with E-state index in [2.05, 4.69) is 19.2 Å². The van der Waals surface area contributed by atoms with E-state index in [0.29, 0.717) is 25.9 Å². The molecule has 0 radical (unpaired) electrons. The molecular formula is C66H131NO5. The lowest BCUT2D eigenvalue weighted by Crippen LogP contribution is -2.45. The third-order valence-electron chi connectivity index (χ3n) is 15.9. The minimum Gasteiger partial charge on any atom is -0.466 e. The molecule has 0 heterocycles. The maximum Gasteiger partial charge on any atom is 0.305 e. The standard InChI is InChI=1S/C66H131NO5/c1-3-5-7-9-11-13-15-17-31-35-38-42-46-50-54-58-64(69)63(62-68)67-65(70)59-55-51-47-43-39-36-32-29-27-25-23-21-19-18-20-22-24-26-28-30-33-37-41-45-49-53-57-61-72-66(71)60-56-52-48-44-40-34-16-14-12-10-8-6-4-2/h63-64,68-69H,3-62H2,1-2H3,(H,67,70). The highest BCUT2D eigenvalue weighted by atomic mass is 16.5. The van der Waals surface area contributed by atoms with Crippen LogP contribution in [-0.2, 0) is 14.3 Å². The van der Waals surface area contributed by atoms with E-state index in [9.17, 15) is 19.8 Å². The SMILES string of the molecule is CCCCCCCCCCCCCCCCCC(O)C(CO)NC(=O)CCCCCCCCCCCCCCCCCCCCCCCCCCCCCOC(=O)CCCCCCCCCCCCCCC. The van der Waals surface area contributed by atoms with Gasteiger partial charge in [-0.25, -0.2) is 0 Å². The Labute approximate surface area is 451 Å². The number of carbonyl (C=O) groups excluding carboxylic acids is 2. The Balaban J connectivity index is 3.33. The Kier molecular flexibility index (Phi) is 61.4. The molecule has 6 nitrogen and oxygen atoms in total. The smallest absolute Gasteiger partial charge is 0.305 e. The van der Waals surface area contributed by atoms with Crippen LogP contribution in [0.25, 0.3) is 0 Å². The number of unbranched alkanes of at least 4 members (excludes halogenated alkanes) is 52. The minimum atomic E-state index is -0.661. The average Bonchev–Trinajstić information content (AvgIpc) is 3.38. The number of esters is 1. The predicted octanol–water partition coefficient (Wildman–Crippen LogP) is 21.0. The lowest BCUT2D eigenvalue weighted by molar-refractivity contribution is -0.143. The number of nitrogens with one attached hydrogen (secondary N) is 1. The van der Waals surface area contributed by atoms with Gasteiger partial charge < -0.3 is 20.3 Å². The van der Waals surface area contributed by atoms with Crippen LogP contribution in [0.1, 0.15) is 386 Å². The fourth-order valence-electron chi connectivity index (χ4n) is 10.8. The first kappa shape index (κ1) is 70.9. The van der Waals surface area contributed by atoms with Gasteiger partial charge in [0.15, 0.2) is 0 Å². The summed E-state index contributed by atoms with van der Waals surface area (Å²) >= 11 is 0. The summed E-state index contributed by atoms with van der Waals surface area (Å²) in [6.07, 6.45) is 74.2. The van der Waals surface area contributed by atoms with Gasteiger partial charge in [0.1, 0.15) is 0 Å². The van der Waals surface area contributed by atoms with Gasteiger partial charge in [-0.15, -0.1) is 0 Å². The third-order valence-corrected chi connectivity index (χ3v) is 15.9. The molecule has 6 heteroatoms. The first-order valence-electron chi connectivity index (χ1n) is 33.3. The summed E-state index contributed by atoms with van der Waals surface area (Å²) in [4.78, 5) is 24.5. The molecule has 2 atom stereocenters. The van der Waals surface area contributed by atoms with Crippen molar-refractivity contribution in [2.45, 2.75) is 398 Å². The molecule has 0 aromatic rings. The Hall–Kier alpha value is -1.14. The monoisotopic (exact) mass is 1020 g/mol. The maximum atomic E-state index is 12.5. The quantitative estimate of drug-likeness (QED) is 0.0417. The molecule has 0 aliphatic heterocycles. The van der Waals surface area contributed by atoms with Crippen LogP contribution in [-0.4, -0.2) is 47.4 Å². The lowest BCUT2D eigenvalue weighted by Gasteiger charge is -2.22. The van der Waals surface area contributed by atoms with Crippen molar-refractivity contribution in [1.82, 2.24) is 5.32 Å². The molecule has 0 aliphatic rings. The average molecular weight is 1020 g/mol. The van der Waals surface area contributed by atoms with Crippen molar-refractivity contribution in [2.24, 2.45) is 0 Å². The van der Waals surface area contributed by atoms with Crippen molar-refractivity contribution in [2.75, 3.05) is 13.2 Å². The number of aliphatic hydroxyl groups excluding tert-OH is 2. The highest BCUT2D eigenvalue weighted by Gasteiger charge is 2.20. The molecule has 2 unspecified atom stereocenters. The Bertz CT molecular complexity index is 1040. The van der Waals surface area contributed by atoms with Crippen molar-refractivity contribution in [3.63, 3.8) is 0 Å². The summed E-state index contributed by atoms with van der Waals surface area (Å²) in [5, 5.41) is 23.3. The second-order valence-corrected chi connectivity index (χ2v) is 23.2. The largest absolute Gasteiger partial charge is 0.466 e. The molecule has 0 rings (SSSR count). The molecule has 0 fully saturated rings. The lowest BCUT2D eigenvalue weighted by atomic mass is 10.0. The number of amides is 1. The number of aliphatic hydroxyl groups is 2. The highest BCUT2D eigenvalue weighted by Crippen LogP contribution is 2.19. The van der Waals surface area contributed by atoms with E-state index in [1.165, 1.54) is 315 Å². The summed E-state index contributed by atoms with van der Waals surface area (Å²) in [6.45, 7) is 4.99. The van der Waals surface area contributed by atoms with Gasteiger partial charge in [-0.05, 0) is 25.7 Å². The van der Waals surface area contributed by atoms with E-state index in [4.69, 9.17) is 4.74 Å². The van der Waals surface area contributed by atoms with Gasteiger partial charge in [0.2, 0.25) is 5.91 Å². The van der Waals surface area contributed by atoms with E-state index in [0.717, 1.165) is 38.5 Å². The fraction of sp³-hybridized carbons (Fsp3) is 0.970. The van der Waals surface area contributed by atoms with Crippen molar-refractivity contribution in [3.05, 3.63) is 0 Å². The van der Waals surface area contributed by atoms with Gasteiger partial charge in [-0.3, -0.25) is 9.59 Å². The van der Waals surface area contributed by atoms with Crippen molar-refractivity contribution >= 4 is 11.9 Å². The molecule has 430 valence electrons. The fourth-order valence-corrected chi connectivity index (χ4v) is 10.8. The van der Waals surface area contributed by atoms with Crippen LogP contribution in [0, 0.1) is 0 Å². The normalized spacial score (nSPS) is 12.4. The Morgan fingerprint density at radius 2 is 0.569 bits per heavy atom. The highest BCUT2D eigenvalue weighted by molar-refractivity contribution is 5.76. The first-order chi connectivity index (χ1) is 35.5. The number of carbonyl (C=O) groups is 2. The van der Waals surface area contributed by atoms with Gasteiger partial charge >= 0.3 is 5.97 Å². The Morgan fingerprint density at radius 3 is 0.847 bits per heavy atom. The summed E-state index contributed by atoms with van der Waals surface area (Å²) in [5.41, 5.74) is 0. The van der Waals surface area contributed by atoms with Gasteiger partial charge in [0.05, 0.1) is 25.4 Å². The number of ether oxygens (including phenoxy) is 1. The van der Waals surface area contributed by atoms with Crippen LogP contribution in [0.4, 0.5) is 0 Å². The molecule has 0 aliphatic carbocycles. The molecular weight excluding hydrogens is 887 g/mol. The number of rotatable bonds is 63. The third kappa shape index (κ3) is 58.1. The van der Waals surface area contributed by atoms with Crippen molar-refractivity contribution in [3.8, 4) is 0 Å². The topological polar surface area (TPSA) is 95.9 Å². The number of hydrogen-bond acceptors (Lipinski definition) is 5. The Morgan fingerprint density at radius 1 is 0.333 bits per heavy atom. The van der Waals surface area contributed by atoms with E-state index in [1.54, 1.807) is 0 Å². The van der Waals surface area contributed by atoms with Gasteiger partial charge in [0, 0.05) is 12.8 Å². The predicted molar refractivity (Wildman–Crippen MR) is 315 cm³/mol. The number of hydrogen-bond donors (Lipinski definition) is 3. The molecule has 0 saturated carbocycles. The molecule has 0 bridgehead atoms. The molecule has 1 amide bonds. The second-order valence-electron chi connectivity index (χ2n) is 23.2. The van der Waals surface area contributed by atoms with Gasteiger partial charge in [-0.1, -0.05) is 348 Å². The van der Waals surface area contributed by atoms with Gasteiger partial charge in [-0.2, -0.15) is 0 Å². The molecule has 0 spiro atoms.